The minimum Gasteiger partial charge on any atom is -0.347 e. The highest BCUT2D eigenvalue weighted by Crippen LogP contribution is 2.29. The zero-order valence-electron chi connectivity index (χ0n) is 16.7. The molecule has 0 bridgehead atoms. The minimum absolute atomic E-state index is 0.0752. The molecule has 6 nitrogen and oxygen atoms in total. The third-order valence-corrected chi connectivity index (χ3v) is 5.74. The molecule has 1 heterocycles. The highest BCUT2D eigenvalue weighted by molar-refractivity contribution is 9.10. The van der Waals surface area contributed by atoms with Gasteiger partial charge in [-0.05, 0) is 61.7 Å². The first-order valence-corrected chi connectivity index (χ1v) is 10.3. The highest BCUT2D eigenvalue weighted by atomic mass is 79.9. The van der Waals surface area contributed by atoms with Crippen molar-refractivity contribution in [1.82, 2.24) is 5.32 Å². The van der Waals surface area contributed by atoms with Crippen molar-refractivity contribution in [2.45, 2.75) is 27.2 Å². The van der Waals surface area contributed by atoms with Gasteiger partial charge in [-0.15, -0.1) is 0 Å². The van der Waals surface area contributed by atoms with Crippen molar-refractivity contribution in [2.24, 2.45) is 5.92 Å². The topological polar surface area (TPSA) is 78.5 Å². The molecule has 1 fully saturated rings. The lowest BCUT2D eigenvalue weighted by Crippen LogP contribution is -2.38. The van der Waals surface area contributed by atoms with Crippen molar-refractivity contribution in [3.63, 3.8) is 0 Å². The molecule has 0 spiro atoms. The van der Waals surface area contributed by atoms with Crippen LogP contribution in [0.15, 0.2) is 40.9 Å². The van der Waals surface area contributed by atoms with Gasteiger partial charge in [0.15, 0.2) is 0 Å². The summed E-state index contributed by atoms with van der Waals surface area (Å²) < 4.78 is 0.931. The van der Waals surface area contributed by atoms with Crippen LogP contribution < -0.4 is 15.5 Å². The van der Waals surface area contributed by atoms with E-state index in [0.717, 1.165) is 26.9 Å². The first kappa shape index (κ1) is 21.0. The summed E-state index contributed by atoms with van der Waals surface area (Å²) in [5.41, 5.74) is 4.59. The van der Waals surface area contributed by atoms with E-state index in [1.807, 2.05) is 51.1 Å². The highest BCUT2D eigenvalue weighted by Gasteiger charge is 2.35. The third-order valence-electron chi connectivity index (χ3n) is 5.25. The summed E-state index contributed by atoms with van der Waals surface area (Å²) in [7, 11) is 0. The zero-order chi connectivity index (χ0) is 21.1. The molecule has 0 saturated carbocycles. The maximum absolute atomic E-state index is 12.5. The molecular formula is C22H24BrN3O3. The van der Waals surface area contributed by atoms with E-state index in [2.05, 4.69) is 26.6 Å². The number of carbonyl (C=O) groups is 3. The predicted molar refractivity (Wildman–Crippen MR) is 117 cm³/mol. The number of nitrogens with one attached hydrogen (secondary N) is 2. The van der Waals surface area contributed by atoms with Gasteiger partial charge < -0.3 is 15.5 Å². The largest absolute Gasteiger partial charge is 0.347 e. The van der Waals surface area contributed by atoms with Gasteiger partial charge in [0.2, 0.25) is 17.7 Å². The first-order valence-electron chi connectivity index (χ1n) is 9.46. The van der Waals surface area contributed by atoms with Gasteiger partial charge in [0.05, 0.1) is 12.5 Å². The maximum Gasteiger partial charge on any atom is 0.243 e. The number of halogens is 1. The Bertz CT molecular complexity index is 974. The standard InChI is InChI=1S/C22H24BrN3O3/c1-13-5-4-6-19(15(13)3)26-12-16(10-21(26)28)22(29)24-11-20(27)25-18-8-7-17(23)9-14(18)2/h4-9,16H,10-12H2,1-3H3,(H,24,29)(H,25,27). The first-order chi connectivity index (χ1) is 13.8. The lowest BCUT2D eigenvalue weighted by Gasteiger charge is -2.20. The average Bonchev–Trinajstić information content (AvgIpc) is 3.06. The van der Waals surface area contributed by atoms with Crippen LogP contribution in [0.2, 0.25) is 0 Å². The molecule has 1 aliphatic heterocycles. The summed E-state index contributed by atoms with van der Waals surface area (Å²) in [6.07, 6.45) is 0.145. The van der Waals surface area contributed by atoms with Crippen LogP contribution in [0.25, 0.3) is 0 Å². The average molecular weight is 458 g/mol. The smallest absolute Gasteiger partial charge is 0.243 e. The summed E-state index contributed by atoms with van der Waals surface area (Å²) in [6, 6.07) is 11.3. The molecule has 1 unspecified atom stereocenters. The molecule has 1 aliphatic rings. The maximum atomic E-state index is 12.5. The normalized spacial score (nSPS) is 16.1. The summed E-state index contributed by atoms with van der Waals surface area (Å²) in [5, 5.41) is 5.44. The number of amides is 3. The summed E-state index contributed by atoms with van der Waals surface area (Å²) in [4.78, 5) is 38.8. The molecule has 2 N–H and O–H groups in total. The van der Waals surface area contributed by atoms with Crippen molar-refractivity contribution in [2.75, 3.05) is 23.3 Å². The van der Waals surface area contributed by atoms with Gasteiger partial charge >= 0.3 is 0 Å². The number of anilines is 2. The van der Waals surface area contributed by atoms with Gasteiger partial charge in [0, 0.05) is 28.8 Å². The Morgan fingerprint density at radius 1 is 1.14 bits per heavy atom. The minimum atomic E-state index is -0.468. The van der Waals surface area contributed by atoms with Crippen LogP contribution in [0.1, 0.15) is 23.1 Å². The number of nitrogens with zero attached hydrogens (tertiary/aromatic N) is 1. The van der Waals surface area contributed by atoms with E-state index in [4.69, 9.17) is 0 Å². The van der Waals surface area contributed by atoms with E-state index in [9.17, 15) is 14.4 Å². The van der Waals surface area contributed by atoms with Crippen molar-refractivity contribution in [3.8, 4) is 0 Å². The van der Waals surface area contributed by atoms with Gasteiger partial charge in [0.1, 0.15) is 0 Å². The summed E-state index contributed by atoms with van der Waals surface area (Å²) >= 11 is 3.38. The Labute approximate surface area is 178 Å². The molecule has 0 radical (unpaired) electrons. The Balaban J connectivity index is 1.56. The molecule has 0 aliphatic carbocycles. The molecule has 2 aromatic carbocycles. The van der Waals surface area contributed by atoms with Crippen LogP contribution in [0, 0.1) is 26.7 Å². The van der Waals surface area contributed by atoms with Crippen LogP contribution >= 0.6 is 15.9 Å². The van der Waals surface area contributed by atoms with Gasteiger partial charge in [-0.25, -0.2) is 0 Å². The monoisotopic (exact) mass is 457 g/mol. The fourth-order valence-electron chi connectivity index (χ4n) is 3.42. The molecule has 152 valence electrons. The lowest BCUT2D eigenvalue weighted by molar-refractivity contribution is -0.127. The molecule has 3 amide bonds. The second-order valence-electron chi connectivity index (χ2n) is 7.35. The van der Waals surface area contributed by atoms with Crippen LogP contribution in [0.5, 0.6) is 0 Å². The fraction of sp³-hybridized carbons (Fsp3) is 0.318. The summed E-state index contributed by atoms with van der Waals surface area (Å²) in [6.45, 7) is 6.05. The van der Waals surface area contributed by atoms with E-state index in [1.165, 1.54) is 0 Å². The van der Waals surface area contributed by atoms with E-state index >= 15 is 0 Å². The number of carbonyl (C=O) groups excluding carboxylic acids is 3. The Morgan fingerprint density at radius 2 is 1.90 bits per heavy atom. The number of hydrogen-bond acceptors (Lipinski definition) is 3. The molecule has 7 heteroatoms. The van der Waals surface area contributed by atoms with E-state index in [0.29, 0.717) is 12.2 Å². The SMILES string of the molecule is Cc1cc(Br)ccc1NC(=O)CNC(=O)C1CC(=O)N(c2cccc(C)c2C)C1. The number of hydrogen-bond donors (Lipinski definition) is 2. The van der Waals surface area contributed by atoms with Crippen molar-refractivity contribution >= 4 is 45.0 Å². The Morgan fingerprint density at radius 3 is 2.62 bits per heavy atom. The summed E-state index contributed by atoms with van der Waals surface area (Å²) in [5.74, 6) is -1.13. The van der Waals surface area contributed by atoms with Gasteiger partial charge in [0.25, 0.3) is 0 Å². The second-order valence-corrected chi connectivity index (χ2v) is 8.27. The van der Waals surface area contributed by atoms with Crippen LogP contribution in [-0.4, -0.2) is 30.8 Å². The molecule has 1 atom stereocenters. The molecule has 1 saturated heterocycles. The predicted octanol–water partition coefficient (Wildman–Crippen LogP) is 3.48. The van der Waals surface area contributed by atoms with E-state index in [1.54, 1.807) is 11.0 Å². The molecule has 0 aromatic heterocycles. The lowest BCUT2D eigenvalue weighted by atomic mass is 10.1. The van der Waals surface area contributed by atoms with E-state index in [-0.39, 0.29) is 30.7 Å². The number of aryl methyl sites for hydroxylation is 2. The number of benzene rings is 2. The van der Waals surface area contributed by atoms with Crippen LogP contribution in [0.3, 0.4) is 0 Å². The quantitative estimate of drug-likeness (QED) is 0.720. The Hall–Kier alpha value is -2.67. The third kappa shape index (κ3) is 4.85. The van der Waals surface area contributed by atoms with Crippen LogP contribution in [0.4, 0.5) is 11.4 Å². The van der Waals surface area contributed by atoms with Crippen molar-refractivity contribution in [3.05, 3.63) is 57.6 Å². The molecule has 2 aromatic rings. The van der Waals surface area contributed by atoms with Gasteiger partial charge in [-0.3, -0.25) is 14.4 Å². The fourth-order valence-corrected chi connectivity index (χ4v) is 3.89. The zero-order valence-corrected chi connectivity index (χ0v) is 18.3. The number of rotatable bonds is 5. The van der Waals surface area contributed by atoms with Crippen molar-refractivity contribution in [1.29, 1.82) is 0 Å². The van der Waals surface area contributed by atoms with Crippen molar-refractivity contribution < 1.29 is 14.4 Å². The molecule has 29 heavy (non-hydrogen) atoms. The Kier molecular flexibility index (Phi) is 6.37. The molecule has 3 rings (SSSR count). The van der Waals surface area contributed by atoms with E-state index < -0.39 is 5.92 Å². The van der Waals surface area contributed by atoms with Gasteiger partial charge in [-0.1, -0.05) is 28.1 Å². The second kappa shape index (κ2) is 8.78. The molecular weight excluding hydrogens is 434 g/mol. The van der Waals surface area contributed by atoms with Crippen LogP contribution in [-0.2, 0) is 14.4 Å². The van der Waals surface area contributed by atoms with Gasteiger partial charge in [-0.2, -0.15) is 0 Å².